The topological polar surface area (TPSA) is 3.24 Å². The molecule has 14 rings (SSSR count). The first-order valence-corrected chi connectivity index (χ1v) is 25.3. The molecule has 0 spiro atoms. The molecule has 0 heterocycles. The van der Waals surface area contributed by atoms with Gasteiger partial charge in [0.2, 0.25) is 0 Å². The van der Waals surface area contributed by atoms with Gasteiger partial charge >= 0.3 is 0 Å². The average molecular weight is 918 g/mol. The Morgan fingerprint density at radius 1 is 0.264 bits per heavy atom. The van der Waals surface area contributed by atoms with Gasteiger partial charge < -0.3 is 4.90 Å². The second kappa shape index (κ2) is 16.1. The van der Waals surface area contributed by atoms with E-state index in [2.05, 4.69) is 292 Å². The normalized spacial score (nSPS) is 17.2. The van der Waals surface area contributed by atoms with Gasteiger partial charge in [-0.25, -0.2) is 0 Å². The Morgan fingerprint density at radius 3 is 1.29 bits per heavy atom. The van der Waals surface area contributed by atoms with Gasteiger partial charge in [-0.2, -0.15) is 0 Å². The lowest BCUT2D eigenvalue weighted by atomic mass is 9.67. The third-order valence-electron chi connectivity index (χ3n) is 16.7. The Morgan fingerprint density at radius 2 is 0.681 bits per heavy atom. The number of rotatable bonds is 8. The molecular weight excluding hydrogens is 867 g/mol. The number of fused-ring (bicyclic) bond motifs is 9. The summed E-state index contributed by atoms with van der Waals surface area (Å²) >= 11 is 0. The van der Waals surface area contributed by atoms with Crippen LogP contribution in [0.15, 0.2) is 273 Å². The van der Waals surface area contributed by atoms with Gasteiger partial charge in [0.15, 0.2) is 0 Å². The zero-order valence-corrected chi connectivity index (χ0v) is 40.4. The van der Waals surface area contributed by atoms with Crippen molar-refractivity contribution in [3.63, 3.8) is 0 Å². The fourth-order valence-electron chi connectivity index (χ4n) is 13.4. The Kier molecular flexibility index (Phi) is 9.44. The zero-order valence-electron chi connectivity index (χ0n) is 40.4. The molecule has 1 nitrogen and oxygen atoms in total. The van der Waals surface area contributed by atoms with Crippen molar-refractivity contribution in [3.05, 3.63) is 329 Å². The van der Waals surface area contributed by atoms with Crippen LogP contribution in [-0.2, 0) is 16.2 Å². The third kappa shape index (κ3) is 5.83. The highest BCUT2D eigenvalue weighted by molar-refractivity contribution is 5.99. The van der Waals surface area contributed by atoms with Gasteiger partial charge in [0.25, 0.3) is 0 Å². The summed E-state index contributed by atoms with van der Waals surface area (Å²) in [4.78, 5) is 2.53. The van der Waals surface area contributed by atoms with Crippen molar-refractivity contribution >= 4 is 17.1 Å². The second-order valence-corrected chi connectivity index (χ2v) is 20.1. The maximum Gasteiger partial charge on any atom is 0.0713 e. The lowest BCUT2D eigenvalue weighted by Crippen LogP contribution is -2.28. The van der Waals surface area contributed by atoms with E-state index in [1.54, 1.807) is 0 Å². The van der Waals surface area contributed by atoms with Gasteiger partial charge in [-0.05, 0) is 139 Å². The summed E-state index contributed by atoms with van der Waals surface area (Å²) in [6.07, 6.45) is 0. The SMILES string of the molecule is CC1(c2ccccc2)c2ccccc2-c2ccc(N(c3ccc(-c4cccc5c4-c4ccccc4C5(c4ccccc4)c4ccccc4)cc3)c3cccc4c3-c3ccccc3C4(C)c3ccccc3)cc21. The van der Waals surface area contributed by atoms with Crippen molar-refractivity contribution in [1.82, 2.24) is 0 Å². The molecule has 0 saturated carbocycles. The van der Waals surface area contributed by atoms with Gasteiger partial charge in [-0.3, -0.25) is 0 Å². The maximum absolute atomic E-state index is 2.53. The zero-order chi connectivity index (χ0) is 48.0. The molecule has 2 unspecified atom stereocenters. The first-order valence-electron chi connectivity index (χ1n) is 25.3. The van der Waals surface area contributed by atoms with Gasteiger partial charge in [0, 0.05) is 27.8 Å². The Labute approximate surface area is 423 Å². The van der Waals surface area contributed by atoms with Crippen LogP contribution in [-0.4, -0.2) is 0 Å². The van der Waals surface area contributed by atoms with E-state index in [9.17, 15) is 0 Å². The number of hydrogen-bond acceptors (Lipinski definition) is 1. The van der Waals surface area contributed by atoms with E-state index >= 15 is 0 Å². The Bertz CT molecular complexity index is 3840. The molecule has 0 radical (unpaired) electrons. The fourth-order valence-corrected chi connectivity index (χ4v) is 13.4. The van der Waals surface area contributed by atoms with Crippen molar-refractivity contribution in [3.8, 4) is 44.5 Å². The minimum Gasteiger partial charge on any atom is -0.310 e. The van der Waals surface area contributed by atoms with Gasteiger partial charge in [0.05, 0.1) is 11.1 Å². The fraction of sp³-hybridized carbons (Fsp3) is 0.0704. The summed E-state index contributed by atoms with van der Waals surface area (Å²) < 4.78 is 0. The number of hydrogen-bond donors (Lipinski definition) is 0. The highest BCUT2D eigenvalue weighted by Crippen LogP contribution is 2.60. The monoisotopic (exact) mass is 917 g/mol. The molecule has 0 aromatic heterocycles. The quantitative estimate of drug-likeness (QED) is 0.147. The summed E-state index contributed by atoms with van der Waals surface area (Å²) in [5.74, 6) is 0. The van der Waals surface area contributed by atoms with Crippen molar-refractivity contribution in [2.45, 2.75) is 30.1 Å². The smallest absolute Gasteiger partial charge is 0.0713 e. The maximum atomic E-state index is 2.53. The summed E-state index contributed by atoms with van der Waals surface area (Å²) in [5, 5.41) is 0. The van der Waals surface area contributed by atoms with Crippen LogP contribution >= 0.6 is 0 Å². The van der Waals surface area contributed by atoms with E-state index < -0.39 is 5.41 Å². The molecule has 340 valence electrons. The van der Waals surface area contributed by atoms with E-state index in [0.29, 0.717) is 0 Å². The van der Waals surface area contributed by atoms with E-state index in [1.165, 1.54) is 100 Å². The van der Waals surface area contributed by atoms with Gasteiger partial charge in [-0.15, -0.1) is 0 Å². The van der Waals surface area contributed by atoms with Crippen LogP contribution in [0.2, 0.25) is 0 Å². The predicted octanol–water partition coefficient (Wildman–Crippen LogP) is 17.9. The number of nitrogens with zero attached hydrogens (tertiary/aromatic N) is 1. The molecule has 1 heteroatoms. The second-order valence-electron chi connectivity index (χ2n) is 20.1. The molecule has 2 atom stereocenters. The first kappa shape index (κ1) is 42.1. The number of anilines is 3. The standard InChI is InChI=1S/C71H51N/c1-69(49-23-7-3-8-24-49)61-36-19-16-32-58(61)68-63(69)38-22-40-66(68)72(54-45-46-57-56-31-15-18-35-60(56)70(2,65(57)47-54)50-25-9-4-10-26-50)53-43-41-48(42-44-53)55-34-21-39-64-67(55)59-33-17-20-37-62(59)71(64,51-27-11-5-12-28-51)52-29-13-6-14-30-52/h3-47H,1-2H3. The molecule has 11 aromatic rings. The first-order chi connectivity index (χ1) is 35.5. The molecule has 3 aliphatic rings. The molecule has 3 aliphatic carbocycles. The summed E-state index contributed by atoms with van der Waals surface area (Å²) in [5.41, 5.74) is 25.4. The van der Waals surface area contributed by atoms with E-state index in [0.717, 1.165) is 17.1 Å². The molecular formula is C71H51N. The predicted molar refractivity (Wildman–Crippen MR) is 299 cm³/mol. The lowest BCUT2D eigenvalue weighted by Gasteiger charge is -2.34. The van der Waals surface area contributed by atoms with Crippen LogP contribution in [0.5, 0.6) is 0 Å². The Balaban J connectivity index is 0.984. The van der Waals surface area contributed by atoms with E-state index in [4.69, 9.17) is 0 Å². The van der Waals surface area contributed by atoms with Crippen LogP contribution in [0.25, 0.3) is 44.5 Å². The molecule has 0 bridgehead atoms. The van der Waals surface area contributed by atoms with Crippen molar-refractivity contribution in [1.29, 1.82) is 0 Å². The molecule has 0 aliphatic heterocycles. The van der Waals surface area contributed by atoms with Crippen molar-refractivity contribution in [2.75, 3.05) is 4.90 Å². The summed E-state index contributed by atoms with van der Waals surface area (Å²) in [6.45, 7) is 4.83. The minimum absolute atomic E-state index is 0.344. The summed E-state index contributed by atoms with van der Waals surface area (Å²) in [7, 11) is 0. The minimum atomic E-state index is -0.471. The van der Waals surface area contributed by atoms with Crippen LogP contribution in [0.4, 0.5) is 17.1 Å². The molecule has 0 fully saturated rings. The third-order valence-corrected chi connectivity index (χ3v) is 16.7. The van der Waals surface area contributed by atoms with Crippen LogP contribution in [0.3, 0.4) is 0 Å². The van der Waals surface area contributed by atoms with E-state index in [-0.39, 0.29) is 10.8 Å². The Hall–Kier alpha value is -8.78. The number of benzene rings is 11. The average Bonchev–Trinajstić information content (AvgIpc) is 4.02. The van der Waals surface area contributed by atoms with Crippen LogP contribution in [0.1, 0.15) is 69.5 Å². The largest absolute Gasteiger partial charge is 0.310 e. The highest BCUT2D eigenvalue weighted by Gasteiger charge is 2.47. The summed E-state index contributed by atoms with van der Waals surface area (Å²) in [6, 6.07) is 102. The molecule has 0 saturated heterocycles. The van der Waals surface area contributed by atoms with Crippen LogP contribution < -0.4 is 4.90 Å². The van der Waals surface area contributed by atoms with Crippen LogP contribution in [0, 0.1) is 0 Å². The van der Waals surface area contributed by atoms with Crippen molar-refractivity contribution in [2.24, 2.45) is 0 Å². The molecule has 0 N–H and O–H groups in total. The molecule has 0 amide bonds. The molecule has 72 heavy (non-hydrogen) atoms. The lowest BCUT2D eigenvalue weighted by molar-refractivity contribution is 0.713. The van der Waals surface area contributed by atoms with Crippen molar-refractivity contribution < 1.29 is 0 Å². The van der Waals surface area contributed by atoms with Gasteiger partial charge in [-0.1, -0.05) is 243 Å². The highest BCUT2D eigenvalue weighted by atomic mass is 15.1. The van der Waals surface area contributed by atoms with Gasteiger partial charge in [0.1, 0.15) is 0 Å². The van der Waals surface area contributed by atoms with E-state index in [1.807, 2.05) is 0 Å². The molecule has 11 aromatic carbocycles.